The maximum Gasteiger partial charge on any atom is 0.423 e. The summed E-state index contributed by atoms with van der Waals surface area (Å²) in [6.45, 7) is 0. The Labute approximate surface area is 107 Å². The van der Waals surface area contributed by atoms with Gasteiger partial charge in [0, 0.05) is 6.04 Å². The van der Waals surface area contributed by atoms with Crippen LogP contribution in [0.15, 0.2) is 0 Å². The van der Waals surface area contributed by atoms with Crippen molar-refractivity contribution in [1.29, 1.82) is 0 Å². The first-order chi connectivity index (χ1) is 8.66. The predicted octanol–water partition coefficient (Wildman–Crippen LogP) is 3.42. The molecule has 2 nitrogen and oxygen atoms in total. The number of halogens is 6. The summed E-state index contributed by atoms with van der Waals surface area (Å²) in [4.78, 5) is 0. The van der Waals surface area contributed by atoms with Crippen LogP contribution in [0.4, 0.5) is 26.3 Å². The van der Waals surface area contributed by atoms with E-state index in [4.69, 9.17) is 0 Å². The van der Waals surface area contributed by atoms with E-state index in [1.165, 1.54) is 7.05 Å². The number of ether oxygens (including phenoxy) is 1. The van der Waals surface area contributed by atoms with Crippen molar-refractivity contribution in [2.24, 2.45) is 0 Å². The molecule has 114 valence electrons. The summed E-state index contributed by atoms with van der Waals surface area (Å²) >= 11 is 0. The predicted molar refractivity (Wildman–Crippen MR) is 56.7 cm³/mol. The van der Waals surface area contributed by atoms with Gasteiger partial charge in [-0.05, 0) is 19.9 Å². The number of nitrogens with one attached hydrogen (secondary N) is 1. The van der Waals surface area contributed by atoms with Crippen molar-refractivity contribution >= 4 is 0 Å². The standard InChI is InChI=1S/C11H17F6NO/c1-18-7-5-3-2-4-6-8(7)19-9(10(12,13)14)11(15,16)17/h7-9,18H,2-6H2,1H3. The average molecular weight is 293 g/mol. The minimum atomic E-state index is -5.44. The van der Waals surface area contributed by atoms with E-state index in [9.17, 15) is 26.3 Å². The van der Waals surface area contributed by atoms with Gasteiger partial charge in [-0.2, -0.15) is 26.3 Å². The van der Waals surface area contributed by atoms with Gasteiger partial charge in [0.05, 0.1) is 6.10 Å². The van der Waals surface area contributed by atoms with Crippen LogP contribution in [0.5, 0.6) is 0 Å². The van der Waals surface area contributed by atoms with Crippen LogP contribution >= 0.6 is 0 Å². The molecular formula is C11H17F6NO. The minimum Gasteiger partial charge on any atom is -0.356 e. The Hall–Kier alpha value is -0.500. The van der Waals surface area contributed by atoms with Gasteiger partial charge in [-0.15, -0.1) is 0 Å². The van der Waals surface area contributed by atoms with Crippen molar-refractivity contribution in [3.05, 3.63) is 0 Å². The first kappa shape index (κ1) is 16.6. The van der Waals surface area contributed by atoms with Crippen LogP contribution < -0.4 is 5.32 Å². The molecule has 0 saturated heterocycles. The van der Waals surface area contributed by atoms with Crippen LogP contribution in [0.2, 0.25) is 0 Å². The summed E-state index contributed by atoms with van der Waals surface area (Å²) in [5, 5.41) is 2.74. The summed E-state index contributed by atoms with van der Waals surface area (Å²) in [5.74, 6) is 0. The van der Waals surface area contributed by atoms with Crippen molar-refractivity contribution in [3.8, 4) is 0 Å². The molecule has 0 amide bonds. The topological polar surface area (TPSA) is 21.3 Å². The normalized spacial score (nSPS) is 26.5. The fourth-order valence-electron chi connectivity index (χ4n) is 2.28. The Morgan fingerprint density at radius 3 is 1.95 bits per heavy atom. The average Bonchev–Trinajstić information content (AvgIpc) is 2.47. The largest absolute Gasteiger partial charge is 0.423 e. The Bertz CT molecular complexity index is 263. The van der Waals surface area contributed by atoms with Crippen molar-refractivity contribution in [3.63, 3.8) is 0 Å². The molecule has 1 rings (SSSR count). The number of rotatable bonds is 3. The molecule has 1 aliphatic carbocycles. The van der Waals surface area contributed by atoms with Crippen molar-refractivity contribution in [2.45, 2.75) is 62.7 Å². The van der Waals surface area contributed by atoms with Crippen LogP contribution in [-0.4, -0.2) is 37.7 Å². The molecule has 2 atom stereocenters. The highest BCUT2D eigenvalue weighted by molar-refractivity contribution is 4.84. The highest BCUT2D eigenvalue weighted by Crippen LogP contribution is 2.37. The zero-order valence-corrected chi connectivity index (χ0v) is 10.4. The van der Waals surface area contributed by atoms with E-state index < -0.39 is 30.6 Å². The first-order valence-corrected chi connectivity index (χ1v) is 6.12. The smallest absolute Gasteiger partial charge is 0.356 e. The molecule has 0 aliphatic heterocycles. The number of alkyl halides is 6. The van der Waals surface area contributed by atoms with Crippen molar-refractivity contribution in [1.82, 2.24) is 5.32 Å². The van der Waals surface area contributed by atoms with E-state index in [1.54, 1.807) is 0 Å². The lowest BCUT2D eigenvalue weighted by Crippen LogP contribution is -2.50. The maximum absolute atomic E-state index is 12.4. The van der Waals surface area contributed by atoms with Crippen LogP contribution in [0, 0.1) is 0 Å². The lowest BCUT2D eigenvalue weighted by Gasteiger charge is -2.31. The number of likely N-dealkylation sites (N-methyl/N-ethyl adjacent to an activating group) is 1. The second kappa shape index (κ2) is 6.30. The summed E-state index contributed by atoms with van der Waals surface area (Å²) in [6.07, 6.45) is -12.8. The van der Waals surface area contributed by atoms with Gasteiger partial charge in [-0.3, -0.25) is 0 Å². The highest BCUT2D eigenvalue weighted by Gasteiger charge is 2.59. The fraction of sp³-hybridized carbons (Fsp3) is 1.00. The molecular weight excluding hydrogens is 276 g/mol. The monoisotopic (exact) mass is 293 g/mol. The highest BCUT2D eigenvalue weighted by atomic mass is 19.4. The molecule has 1 saturated carbocycles. The second-order valence-electron chi connectivity index (χ2n) is 4.67. The van der Waals surface area contributed by atoms with Crippen LogP contribution in [-0.2, 0) is 4.74 Å². The van der Waals surface area contributed by atoms with Crippen molar-refractivity contribution in [2.75, 3.05) is 7.05 Å². The summed E-state index contributed by atoms with van der Waals surface area (Å²) in [5.41, 5.74) is 0. The zero-order chi connectivity index (χ0) is 14.7. The Balaban J connectivity index is 2.81. The van der Waals surface area contributed by atoms with Gasteiger partial charge in [0.15, 0.2) is 0 Å². The maximum atomic E-state index is 12.4. The molecule has 0 aromatic rings. The summed E-state index contributed by atoms with van der Waals surface area (Å²) in [7, 11) is 1.52. The third-order valence-corrected chi connectivity index (χ3v) is 3.23. The Morgan fingerprint density at radius 1 is 0.947 bits per heavy atom. The minimum absolute atomic E-state index is 0.203. The number of hydrogen-bond acceptors (Lipinski definition) is 2. The Kier molecular flexibility index (Phi) is 5.49. The van der Waals surface area contributed by atoms with Crippen molar-refractivity contribution < 1.29 is 31.1 Å². The molecule has 0 aromatic carbocycles. The van der Waals surface area contributed by atoms with E-state index in [0.717, 1.165) is 12.8 Å². The quantitative estimate of drug-likeness (QED) is 0.636. The van der Waals surface area contributed by atoms with Gasteiger partial charge in [0.1, 0.15) is 0 Å². The van der Waals surface area contributed by atoms with Gasteiger partial charge in [-0.25, -0.2) is 0 Å². The molecule has 2 unspecified atom stereocenters. The van der Waals surface area contributed by atoms with E-state index >= 15 is 0 Å². The molecule has 0 aromatic heterocycles. The van der Waals surface area contributed by atoms with E-state index in [-0.39, 0.29) is 6.42 Å². The van der Waals surface area contributed by atoms with Crippen LogP contribution in [0.1, 0.15) is 32.1 Å². The fourth-order valence-corrected chi connectivity index (χ4v) is 2.28. The van der Waals surface area contributed by atoms with Crippen LogP contribution in [0.3, 0.4) is 0 Å². The molecule has 1 aliphatic rings. The van der Waals surface area contributed by atoms with Gasteiger partial charge in [0.2, 0.25) is 6.10 Å². The molecule has 1 N–H and O–H groups in total. The van der Waals surface area contributed by atoms with E-state index in [1.807, 2.05) is 0 Å². The number of hydrogen-bond donors (Lipinski definition) is 1. The molecule has 0 spiro atoms. The SMILES string of the molecule is CNC1CCCCCC1OC(C(F)(F)F)C(F)(F)F. The summed E-state index contributed by atoms with van der Waals surface area (Å²) in [6, 6.07) is -0.477. The second-order valence-corrected chi connectivity index (χ2v) is 4.67. The lowest BCUT2D eigenvalue weighted by atomic mass is 10.1. The molecule has 0 bridgehead atoms. The Morgan fingerprint density at radius 2 is 1.47 bits per heavy atom. The lowest BCUT2D eigenvalue weighted by molar-refractivity contribution is -0.332. The zero-order valence-electron chi connectivity index (χ0n) is 10.4. The molecule has 19 heavy (non-hydrogen) atoms. The molecule has 8 heteroatoms. The molecule has 1 fully saturated rings. The van der Waals surface area contributed by atoms with Gasteiger partial charge >= 0.3 is 12.4 Å². The van der Waals surface area contributed by atoms with Gasteiger partial charge in [-0.1, -0.05) is 19.3 Å². The third-order valence-electron chi connectivity index (χ3n) is 3.23. The first-order valence-electron chi connectivity index (χ1n) is 6.12. The van der Waals surface area contributed by atoms with Gasteiger partial charge < -0.3 is 10.1 Å². The third kappa shape index (κ3) is 4.83. The molecule has 0 heterocycles. The van der Waals surface area contributed by atoms with Crippen LogP contribution in [0.25, 0.3) is 0 Å². The molecule has 0 radical (unpaired) electrons. The van der Waals surface area contributed by atoms with E-state index in [0.29, 0.717) is 12.8 Å². The summed E-state index contributed by atoms with van der Waals surface area (Å²) < 4.78 is 79.0. The van der Waals surface area contributed by atoms with E-state index in [2.05, 4.69) is 10.1 Å². The van der Waals surface area contributed by atoms with Gasteiger partial charge in [0.25, 0.3) is 0 Å².